The van der Waals surface area contributed by atoms with Gasteiger partial charge in [-0.3, -0.25) is 14.4 Å². The molecule has 110 valence electrons. The highest BCUT2D eigenvalue weighted by Gasteiger charge is 2.23. The van der Waals surface area contributed by atoms with Gasteiger partial charge in [-0.2, -0.15) is 0 Å². The smallest absolute Gasteiger partial charge is 0.323 e. The Kier molecular flexibility index (Phi) is 6.15. The molecule has 1 atom stereocenters. The van der Waals surface area contributed by atoms with Crippen molar-refractivity contribution < 1.29 is 19.5 Å². The molecular weight excluding hydrogens is 348 g/mol. The van der Waals surface area contributed by atoms with E-state index in [9.17, 15) is 14.4 Å². The van der Waals surface area contributed by atoms with E-state index in [4.69, 9.17) is 5.11 Å². The number of hydrogen-bond donors (Lipinski definition) is 2. The number of amides is 2. The molecule has 1 unspecified atom stereocenters. The summed E-state index contributed by atoms with van der Waals surface area (Å²) in [6.07, 6.45) is 0. The number of carboxylic acids is 1. The first-order valence-corrected chi connectivity index (χ1v) is 7.52. The van der Waals surface area contributed by atoms with Crippen LogP contribution in [0.4, 0.5) is 0 Å². The highest BCUT2D eigenvalue weighted by atomic mass is 79.9. The van der Waals surface area contributed by atoms with E-state index < -0.39 is 17.9 Å². The lowest BCUT2D eigenvalue weighted by Gasteiger charge is -2.23. The third-order valence-electron chi connectivity index (χ3n) is 2.53. The molecule has 2 amide bonds. The number of carbonyl (C=O) groups excluding carboxylic acids is 2. The minimum absolute atomic E-state index is 0.274. The van der Waals surface area contributed by atoms with Crippen LogP contribution >= 0.6 is 27.3 Å². The van der Waals surface area contributed by atoms with E-state index in [1.807, 2.05) is 0 Å². The minimum atomic E-state index is -1.08. The first kappa shape index (κ1) is 16.6. The third kappa shape index (κ3) is 4.61. The largest absolute Gasteiger partial charge is 0.480 e. The summed E-state index contributed by atoms with van der Waals surface area (Å²) in [7, 11) is 0. The Morgan fingerprint density at radius 3 is 2.55 bits per heavy atom. The molecule has 20 heavy (non-hydrogen) atoms. The van der Waals surface area contributed by atoms with E-state index in [1.165, 1.54) is 23.2 Å². The van der Waals surface area contributed by atoms with E-state index in [-0.39, 0.29) is 19.0 Å². The second-order valence-corrected chi connectivity index (χ2v) is 6.51. The van der Waals surface area contributed by atoms with Gasteiger partial charge >= 0.3 is 5.97 Å². The van der Waals surface area contributed by atoms with Crippen molar-refractivity contribution in [3.8, 4) is 0 Å². The summed E-state index contributed by atoms with van der Waals surface area (Å²) in [6.45, 7) is 3.12. The molecule has 0 aliphatic carbocycles. The molecule has 1 heterocycles. The van der Waals surface area contributed by atoms with Crippen LogP contribution in [0.3, 0.4) is 0 Å². The number of thiophene rings is 1. The van der Waals surface area contributed by atoms with Gasteiger partial charge in [0.25, 0.3) is 5.91 Å². The molecule has 0 aromatic carbocycles. The lowest BCUT2D eigenvalue weighted by molar-refractivity contribution is -0.144. The lowest BCUT2D eigenvalue weighted by atomic mass is 10.2. The SMILES string of the molecule is CCN(CC(=O)O)C(=O)C(C)NC(=O)c1ccc(Br)s1. The summed E-state index contributed by atoms with van der Waals surface area (Å²) in [5.41, 5.74) is 0. The fourth-order valence-electron chi connectivity index (χ4n) is 1.55. The molecule has 2 N–H and O–H groups in total. The number of carboxylic acid groups (broad SMARTS) is 1. The van der Waals surface area contributed by atoms with Crippen LogP contribution in [0.1, 0.15) is 23.5 Å². The number of carbonyl (C=O) groups is 3. The molecule has 6 nitrogen and oxygen atoms in total. The van der Waals surface area contributed by atoms with Gasteiger partial charge in [-0.25, -0.2) is 0 Å². The quantitative estimate of drug-likeness (QED) is 0.803. The van der Waals surface area contributed by atoms with Gasteiger partial charge < -0.3 is 15.3 Å². The zero-order valence-electron chi connectivity index (χ0n) is 11.1. The highest BCUT2D eigenvalue weighted by molar-refractivity contribution is 9.11. The van der Waals surface area contributed by atoms with Gasteiger partial charge in [0.2, 0.25) is 5.91 Å². The molecule has 1 aromatic heterocycles. The number of hydrogen-bond acceptors (Lipinski definition) is 4. The maximum absolute atomic E-state index is 12.0. The Hall–Kier alpha value is -1.41. The van der Waals surface area contributed by atoms with Crippen LogP contribution in [0.25, 0.3) is 0 Å². The average Bonchev–Trinajstić information content (AvgIpc) is 2.81. The molecule has 0 bridgehead atoms. The summed E-state index contributed by atoms with van der Waals surface area (Å²) < 4.78 is 0.822. The monoisotopic (exact) mass is 362 g/mol. The highest BCUT2D eigenvalue weighted by Crippen LogP contribution is 2.21. The van der Waals surface area contributed by atoms with Crippen molar-refractivity contribution >= 4 is 45.1 Å². The molecular formula is C12H15BrN2O4S. The summed E-state index contributed by atoms with van der Waals surface area (Å²) >= 11 is 4.52. The van der Waals surface area contributed by atoms with Gasteiger partial charge in [-0.15, -0.1) is 11.3 Å². The van der Waals surface area contributed by atoms with Crippen molar-refractivity contribution in [2.45, 2.75) is 19.9 Å². The Balaban J connectivity index is 2.65. The molecule has 0 saturated carbocycles. The van der Waals surface area contributed by atoms with Gasteiger partial charge in [-0.05, 0) is 41.9 Å². The van der Waals surface area contributed by atoms with E-state index in [0.717, 1.165) is 3.79 Å². The Bertz CT molecular complexity index is 517. The predicted octanol–water partition coefficient (Wildman–Crippen LogP) is 1.56. The van der Waals surface area contributed by atoms with Gasteiger partial charge in [0.05, 0.1) is 8.66 Å². The first-order chi connectivity index (χ1) is 9.35. The number of halogens is 1. The van der Waals surface area contributed by atoms with Crippen molar-refractivity contribution in [3.63, 3.8) is 0 Å². The molecule has 0 radical (unpaired) electrons. The van der Waals surface area contributed by atoms with Crippen LogP contribution < -0.4 is 5.32 Å². The number of likely N-dealkylation sites (N-methyl/N-ethyl adjacent to an activating group) is 1. The van der Waals surface area contributed by atoms with E-state index in [1.54, 1.807) is 19.1 Å². The third-order valence-corrected chi connectivity index (χ3v) is 4.16. The number of aliphatic carboxylic acids is 1. The van der Waals surface area contributed by atoms with Crippen LogP contribution in [0, 0.1) is 0 Å². The summed E-state index contributed by atoms with van der Waals surface area (Å²) in [4.78, 5) is 36.2. The first-order valence-electron chi connectivity index (χ1n) is 5.92. The number of nitrogens with one attached hydrogen (secondary N) is 1. The van der Waals surface area contributed by atoms with Gasteiger partial charge in [0.15, 0.2) is 0 Å². The fourth-order valence-corrected chi connectivity index (χ4v) is 2.84. The van der Waals surface area contributed by atoms with Crippen molar-refractivity contribution in [2.24, 2.45) is 0 Å². The second kappa shape index (κ2) is 7.39. The molecule has 8 heteroatoms. The number of nitrogens with zero attached hydrogens (tertiary/aromatic N) is 1. The minimum Gasteiger partial charge on any atom is -0.480 e. The molecule has 0 spiro atoms. The Morgan fingerprint density at radius 1 is 1.45 bits per heavy atom. The van der Waals surface area contributed by atoms with Crippen molar-refractivity contribution in [3.05, 3.63) is 20.8 Å². The fraction of sp³-hybridized carbons (Fsp3) is 0.417. The van der Waals surface area contributed by atoms with E-state index in [0.29, 0.717) is 4.88 Å². The molecule has 0 fully saturated rings. The zero-order valence-corrected chi connectivity index (χ0v) is 13.5. The van der Waals surface area contributed by atoms with Gasteiger partial charge in [-0.1, -0.05) is 0 Å². The normalized spacial score (nSPS) is 11.8. The average molecular weight is 363 g/mol. The maximum atomic E-state index is 12.0. The predicted molar refractivity (Wildman–Crippen MR) is 78.8 cm³/mol. The molecule has 0 saturated heterocycles. The summed E-state index contributed by atoms with van der Waals surface area (Å²) in [5, 5.41) is 11.3. The van der Waals surface area contributed by atoms with Gasteiger partial charge in [0.1, 0.15) is 12.6 Å². The Labute approximate surface area is 128 Å². The van der Waals surface area contributed by atoms with Crippen LogP contribution in [-0.2, 0) is 9.59 Å². The molecule has 0 aliphatic rings. The Morgan fingerprint density at radius 2 is 2.10 bits per heavy atom. The van der Waals surface area contributed by atoms with Crippen LogP contribution in [-0.4, -0.2) is 46.9 Å². The van der Waals surface area contributed by atoms with Crippen molar-refractivity contribution in [2.75, 3.05) is 13.1 Å². The summed E-state index contributed by atoms with van der Waals surface area (Å²) in [6, 6.07) is 2.62. The lowest BCUT2D eigenvalue weighted by Crippen LogP contribution is -2.48. The standard InChI is InChI=1S/C12H15BrN2O4S/c1-3-15(6-10(16)17)12(19)7(2)14-11(18)8-4-5-9(13)20-8/h4-5,7H,3,6H2,1-2H3,(H,14,18)(H,16,17). The van der Waals surface area contributed by atoms with Crippen LogP contribution in [0.15, 0.2) is 15.9 Å². The van der Waals surface area contributed by atoms with E-state index >= 15 is 0 Å². The molecule has 0 aliphatic heterocycles. The van der Waals surface area contributed by atoms with Gasteiger partial charge in [0, 0.05) is 6.54 Å². The van der Waals surface area contributed by atoms with Crippen LogP contribution in [0.2, 0.25) is 0 Å². The molecule has 1 rings (SSSR count). The number of rotatable bonds is 6. The molecule has 1 aromatic rings. The maximum Gasteiger partial charge on any atom is 0.323 e. The van der Waals surface area contributed by atoms with Crippen molar-refractivity contribution in [1.82, 2.24) is 10.2 Å². The van der Waals surface area contributed by atoms with Crippen LogP contribution in [0.5, 0.6) is 0 Å². The van der Waals surface area contributed by atoms with Crippen molar-refractivity contribution in [1.29, 1.82) is 0 Å². The van der Waals surface area contributed by atoms with E-state index in [2.05, 4.69) is 21.2 Å². The topological polar surface area (TPSA) is 86.7 Å². The summed E-state index contributed by atoms with van der Waals surface area (Å²) in [5.74, 6) is -1.85. The zero-order chi connectivity index (χ0) is 15.3. The second-order valence-electron chi connectivity index (χ2n) is 4.05.